The SMILES string of the molecule is [K].c1ccc(OB(Oc2ccccc2)Oc2ccccc2)cc1. The summed E-state index contributed by atoms with van der Waals surface area (Å²) in [5.74, 6) is 2.04. The summed E-state index contributed by atoms with van der Waals surface area (Å²) in [5, 5.41) is 0. The molecule has 0 spiro atoms. The van der Waals surface area contributed by atoms with E-state index in [0.717, 1.165) is 0 Å². The summed E-state index contributed by atoms with van der Waals surface area (Å²) >= 11 is 0. The predicted octanol–water partition coefficient (Wildman–Crippen LogP) is 3.83. The summed E-state index contributed by atoms with van der Waals surface area (Å²) < 4.78 is 17.3. The molecule has 109 valence electrons. The van der Waals surface area contributed by atoms with Gasteiger partial charge >= 0.3 is 7.32 Å². The van der Waals surface area contributed by atoms with Crippen LogP contribution in [0.25, 0.3) is 0 Å². The zero-order valence-corrected chi connectivity index (χ0v) is 16.1. The molecule has 0 saturated heterocycles. The molecule has 3 nitrogen and oxygen atoms in total. The average Bonchev–Trinajstić information content (AvgIpc) is 2.57. The van der Waals surface area contributed by atoms with Gasteiger partial charge in [-0.1, -0.05) is 54.6 Å². The van der Waals surface area contributed by atoms with E-state index in [1.165, 1.54) is 0 Å². The smallest absolute Gasteiger partial charge is 0.490 e. The quantitative estimate of drug-likeness (QED) is 0.644. The third-order valence-corrected chi connectivity index (χ3v) is 2.93. The van der Waals surface area contributed by atoms with E-state index in [4.69, 9.17) is 14.0 Å². The molecule has 0 atom stereocenters. The molecule has 3 aromatic rings. The fourth-order valence-electron chi connectivity index (χ4n) is 1.90. The molecule has 0 aromatic heterocycles. The van der Waals surface area contributed by atoms with Crippen molar-refractivity contribution in [3.63, 3.8) is 0 Å². The normalized spacial score (nSPS) is 9.39. The number of para-hydroxylation sites is 3. The van der Waals surface area contributed by atoms with Crippen molar-refractivity contribution >= 4 is 58.7 Å². The molecule has 0 N–H and O–H groups in total. The Labute approximate surface area is 179 Å². The first-order valence-electron chi connectivity index (χ1n) is 7.05. The molecule has 0 aliphatic rings. The van der Waals surface area contributed by atoms with E-state index in [1.807, 2.05) is 91.0 Å². The Hall–Kier alpha value is -1.24. The third kappa shape index (κ3) is 6.05. The summed E-state index contributed by atoms with van der Waals surface area (Å²) in [7, 11) is -0.868. The van der Waals surface area contributed by atoms with Gasteiger partial charge in [0.2, 0.25) is 0 Å². The maximum absolute atomic E-state index is 5.78. The molecule has 0 unspecified atom stereocenters. The Morgan fingerprint density at radius 1 is 0.435 bits per heavy atom. The van der Waals surface area contributed by atoms with E-state index in [9.17, 15) is 0 Å². The van der Waals surface area contributed by atoms with E-state index in [1.54, 1.807) is 0 Å². The van der Waals surface area contributed by atoms with Gasteiger partial charge < -0.3 is 14.0 Å². The van der Waals surface area contributed by atoms with Gasteiger partial charge in [-0.05, 0) is 36.4 Å². The van der Waals surface area contributed by atoms with Crippen LogP contribution in [-0.4, -0.2) is 58.7 Å². The molecule has 3 aromatic carbocycles. The first-order chi connectivity index (χ1) is 10.9. The Morgan fingerprint density at radius 2 is 0.696 bits per heavy atom. The van der Waals surface area contributed by atoms with Crippen LogP contribution in [0.15, 0.2) is 91.0 Å². The first-order valence-corrected chi connectivity index (χ1v) is 7.05. The molecule has 3 rings (SSSR count). The number of hydrogen-bond donors (Lipinski definition) is 0. The topological polar surface area (TPSA) is 27.7 Å². The Morgan fingerprint density at radius 3 is 0.957 bits per heavy atom. The van der Waals surface area contributed by atoms with Gasteiger partial charge in [0.15, 0.2) is 0 Å². The van der Waals surface area contributed by atoms with Crippen LogP contribution in [0.1, 0.15) is 0 Å². The van der Waals surface area contributed by atoms with Crippen molar-refractivity contribution in [3.05, 3.63) is 91.0 Å². The molecular weight excluding hydrogens is 314 g/mol. The van der Waals surface area contributed by atoms with E-state index in [2.05, 4.69) is 0 Å². The minimum absolute atomic E-state index is 0. The Kier molecular flexibility index (Phi) is 7.72. The second kappa shape index (κ2) is 9.80. The minimum atomic E-state index is -0.868. The van der Waals surface area contributed by atoms with Crippen molar-refractivity contribution in [1.82, 2.24) is 0 Å². The van der Waals surface area contributed by atoms with Gasteiger partial charge in [-0.25, -0.2) is 0 Å². The van der Waals surface area contributed by atoms with Crippen molar-refractivity contribution in [2.24, 2.45) is 0 Å². The fourth-order valence-corrected chi connectivity index (χ4v) is 1.90. The molecule has 23 heavy (non-hydrogen) atoms. The van der Waals surface area contributed by atoms with E-state index in [0.29, 0.717) is 17.2 Å². The minimum Gasteiger partial charge on any atom is -0.490 e. The van der Waals surface area contributed by atoms with Crippen LogP contribution in [0.4, 0.5) is 0 Å². The van der Waals surface area contributed by atoms with Gasteiger partial charge in [-0.15, -0.1) is 0 Å². The number of benzene rings is 3. The summed E-state index contributed by atoms with van der Waals surface area (Å²) in [6.07, 6.45) is 0. The van der Waals surface area contributed by atoms with Crippen molar-refractivity contribution in [3.8, 4) is 17.2 Å². The van der Waals surface area contributed by atoms with Gasteiger partial charge in [0.1, 0.15) is 17.2 Å². The largest absolute Gasteiger partial charge is 0.864 e. The van der Waals surface area contributed by atoms with Crippen LogP contribution in [-0.2, 0) is 0 Å². The average molecular weight is 329 g/mol. The zero-order chi connectivity index (χ0) is 15.0. The van der Waals surface area contributed by atoms with E-state index in [-0.39, 0.29) is 51.4 Å². The third-order valence-electron chi connectivity index (χ3n) is 2.93. The van der Waals surface area contributed by atoms with E-state index >= 15 is 0 Å². The first kappa shape index (κ1) is 18.1. The molecule has 0 bridgehead atoms. The van der Waals surface area contributed by atoms with Crippen molar-refractivity contribution in [2.75, 3.05) is 0 Å². The van der Waals surface area contributed by atoms with Gasteiger partial charge in [0, 0.05) is 51.4 Å². The Bertz CT molecular complexity index is 582. The van der Waals surface area contributed by atoms with Gasteiger partial charge in [0.25, 0.3) is 0 Å². The van der Waals surface area contributed by atoms with Crippen molar-refractivity contribution in [1.29, 1.82) is 0 Å². The zero-order valence-electron chi connectivity index (χ0n) is 13.0. The maximum atomic E-state index is 5.78. The molecule has 0 amide bonds. The van der Waals surface area contributed by atoms with Crippen LogP contribution in [0, 0.1) is 0 Å². The fraction of sp³-hybridized carbons (Fsp3) is 0. The molecule has 0 aliphatic carbocycles. The molecule has 0 aliphatic heterocycles. The van der Waals surface area contributed by atoms with Gasteiger partial charge in [-0.3, -0.25) is 0 Å². The monoisotopic (exact) mass is 329 g/mol. The molecule has 0 fully saturated rings. The molecule has 1 radical (unpaired) electrons. The van der Waals surface area contributed by atoms with Crippen molar-refractivity contribution < 1.29 is 14.0 Å². The van der Waals surface area contributed by atoms with Gasteiger partial charge in [-0.2, -0.15) is 0 Å². The summed E-state index contributed by atoms with van der Waals surface area (Å²) in [6, 6.07) is 28.3. The summed E-state index contributed by atoms with van der Waals surface area (Å²) in [5.41, 5.74) is 0. The van der Waals surface area contributed by atoms with Crippen LogP contribution in [0.2, 0.25) is 0 Å². The van der Waals surface area contributed by atoms with Crippen LogP contribution in [0.5, 0.6) is 17.2 Å². The summed E-state index contributed by atoms with van der Waals surface area (Å²) in [6.45, 7) is 0. The predicted molar refractivity (Wildman–Crippen MR) is 92.7 cm³/mol. The van der Waals surface area contributed by atoms with E-state index < -0.39 is 7.32 Å². The summed E-state index contributed by atoms with van der Waals surface area (Å²) in [4.78, 5) is 0. The maximum Gasteiger partial charge on any atom is 0.864 e. The van der Waals surface area contributed by atoms with Crippen molar-refractivity contribution in [2.45, 2.75) is 0 Å². The number of hydrogen-bond acceptors (Lipinski definition) is 3. The van der Waals surface area contributed by atoms with Crippen LogP contribution in [0.3, 0.4) is 0 Å². The van der Waals surface area contributed by atoms with Crippen LogP contribution < -0.4 is 14.0 Å². The molecule has 5 heteroatoms. The second-order valence-corrected chi connectivity index (χ2v) is 4.58. The van der Waals surface area contributed by atoms with Crippen LogP contribution >= 0.6 is 0 Å². The molecular formula is C18H15BKO3. The Balaban J connectivity index is 0.00000192. The molecule has 0 heterocycles. The molecule has 0 saturated carbocycles. The second-order valence-electron chi connectivity index (χ2n) is 4.58. The number of rotatable bonds is 6. The standard InChI is InChI=1S/C18H15BO3.K/c1-4-10-16(11-5-1)20-19(21-17-12-6-2-7-13-17)22-18-14-8-3-9-15-18;/h1-15H;. The van der Waals surface area contributed by atoms with Gasteiger partial charge in [0.05, 0.1) is 0 Å².